The van der Waals surface area contributed by atoms with Gasteiger partial charge in [0.1, 0.15) is 16.9 Å². The smallest absolute Gasteiger partial charge is 0.365 e. The van der Waals surface area contributed by atoms with Crippen molar-refractivity contribution in [2.24, 2.45) is 11.1 Å². The molecule has 1 aliphatic rings. The lowest BCUT2D eigenvalue weighted by molar-refractivity contribution is 0.0514. The molecule has 0 radical (unpaired) electrons. The van der Waals surface area contributed by atoms with Gasteiger partial charge < -0.3 is 9.25 Å². The van der Waals surface area contributed by atoms with Crippen LogP contribution in [0, 0.1) is 5.92 Å². The first-order chi connectivity index (χ1) is 18.1. The molecule has 0 atom stereocenters. The van der Waals surface area contributed by atoms with E-state index in [0.717, 1.165) is 35.5 Å². The highest BCUT2D eigenvalue weighted by atomic mass is 32.2. The van der Waals surface area contributed by atoms with Crippen molar-refractivity contribution in [1.82, 2.24) is 0 Å². The van der Waals surface area contributed by atoms with Crippen LogP contribution in [0.1, 0.15) is 52.8 Å². The zero-order valence-electron chi connectivity index (χ0n) is 20.1. The molecule has 1 heterocycles. The topological polar surface area (TPSA) is 85.9 Å². The van der Waals surface area contributed by atoms with Gasteiger partial charge in [0.2, 0.25) is 5.78 Å². The summed E-state index contributed by atoms with van der Waals surface area (Å²) in [6, 6.07) is 25.4. The molecule has 0 aliphatic heterocycles. The molecule has 1 aromatic heterocycles. The van der Waals surface area contributed by atoms with Gasteiger partial charge in [-0.2, -0.15) is 0 Å². The fourth-order valence-electron chi connectivity index (χ4n) is 4.48. The molecule has 0 spiro atoms. The lowest BCUT2D eigenvalue weighted by Gasteiger charge is -2.11. The van der Waals surface area contributed by atoms with E-state index in [4.69, 9.17) is 9.25 Å². The van der Waals surface area contributed by atoms with Gasteiger partial charge in [0.15, 0.2) is 0 Å². The summed E-state index contributed by atoms with van der Waals surface area (Å²) in [5.41, 5.74) is -0.0870. The van der Waals surface area contributed by atoms with Gasteiger partial charge in [0.05, 0.1) is 5.56 Å². The van der Waals surface area contributed by atoms with Gasteiger partial charge in [0, 0.05) is 15.2 Å². The highest BCUT2D eigenvalue weighted by Gasteiger charge is 2.26. The van der Waals surface area contributed by atoms with Gasteiger partial charge in [0.25, 0.3) is 0 Å². The first kappa shape index (κ1) is 24.7. The zero-order valence-corrected chi connectivity index (χ0v) is 20.9. The van der Waals surface area contributed by atoms with Crippen molar-refractivity contribution < 1.29 is 18.8 Å². The van der Waals surface area contributed by atoms with Crippen LogP contribution in [0.4, 0.5) is 0 Å². The lowest BCUT2D eigenvalue weighted by Crippen LogP contribution is -2.24. The molecule has 1 fully saturated rings. The quantitative estimate of drug-likeness (QED) is 0.0839. The van der Waals surface area contributed by atoms with Crippen LogP contribution in [0.15, 0.2) is 109 Å². The van der Waals surface area contributed by atoms with E-state index >= 15 is 0 Å². The summed E-state index contributed by atoms with van der Waals surface area (Å²) in [5, 5.41) is 4.58. The summed E-state index contributed by atoms with van der Waals surface area (Å²) in [7, 11) is 0. The largest absolute Gasteiger partial charge is 0.422 e. The number of fused-ring (bicyclic) bond motifs is 1. The Morgan fingerprint density at radius 3 is 2.32 bits per heavy atom. The maximum atomic E-state index is 13.5. The summed E-state index contributed by atoms with van der Waals surface area (Å²) in [6.07, 6.45) is 4.43. The van der Waals surface area contributed by atoms with Crippen LogP contribution >= 0.6 is 11.8 Å². The molecule has 0 unspecified atom stereocenters. The fourth-order valence-corrected chi connectivity index (χ4v) is 5.34. The number of hydrogen-bond acceptors (Lipinski definition) is 7. The third-order valence-electron chi connectivity index (χ3n) is 6.40. The van der Waals surface area contributed by atoms with Crippen molar-refractivity contribution in [1.29, 1.82) is 0 Å². The minimum absolute atomic E-state index is 0.0547. The molecule has 3 aromatic carbocycles. The molecule has 7 heteroatoms. The van der Waals surface area contributed by atoms with Crippen LogP contribution in [-0.2, 0) is 4.84 Å². The number of carbonyl (C=O) groups is 2. The molecule has 4 aromatic rings. The van der Waals surface area contributed by atoms with Gasteiger partial charge >= 0.3 is 11.6 Å². The molecule has 6 nitrogen and oxygen atoms in total. The summed E-state index contributed by atoms with van der Waals surface area (Å²) >= 11 is 1.55. The normalized spacial score (nSPS) is 14.1. The molecule has 1 saturated carbocycles. The summed E-state index contributed by atoms with van der Waals surface area (Å²) in [4.78, 5) is 45.9. The molecule has 5 rings (SSSR count). The monoisotopic (exact) mass is 511 g/mol. The number of nitrogens with zero attached hydrogens (tertiary/aromatic N) is 1. The summed E-state index contributed by atoms with van der Waals surface area (Å²) in [5.74, 6) is -0.986. The molecule has 0 amide bonds. The van der Waals surface area contributed by atoms with Crippen LogP contribution in [0.3, 0.4) is 0 Å². The van der Waals surface area contributed by atoms with Crippen LogP contribution in [0.2, 0.25) is 0 Å². The molecule has 0 bridgehead atoms. The van der Waals surface area contributed by atoms with Crippen LogP contribution in [0.5, 0.6) is 0 Å². The predicted molar refractivity (Wildman–Crippen MR) is 143 cm³/mol. The summed E-state index contributed by atoms with van der Waals surface area (Å²) < 4.78 is 5.55. The second kappa shape index (κ2) is 11.4. The van der Waals surface area contributed by atoms with E-state index in [1.807, 2.05) is 42.5 Å². The average molecular weight is 512 g/mol. The molecular weight excluding hydrogens is 486 g/mol. The van der Waals surface area contributed by atoms with Crippen molar-refractivity contribution in [2.45, 2.75) is 41.9 Å². The average Bonchev–Trinajstić information content (AvgIpc) is 3.44. The second-order valence-electron chi connectivity index (χ2n) is 9.03. The van der Waals surface area contributed by atoms with E-state index < -0.39 is 17.4 Å². The summed E-state index contributed by atoms with van der Waals surface area (Å²) in [6.45, 7) is 0. The van der Waals surface area contributed by atoms with Crippen molar-refractivity contribution in [2.75, 3.05) is 0 Å². The van der Waals surface area contributed by atoms with Crippen molar-refractivity contribution >= 4 is 40.2 Å². The Labute approximate surface area is 218 Å². The Balaban J connectivity index is 1.42. The van der Waals surface area contributed by atoms with Crippen LogP contribution in [0.25, 0.3) is 11.0 Å². The van der Waals surface area contributed by atoms with E-state index in [-0.39, 0.29) is 17.2 Å². The Kier molecular flexibility index (Phi) is 7.61. The number of hydrogen-bond donors (Lipinski definition) is 0. The lowest BCUT2D eigenvalue weighted by atomic mass is 9.96. The van der Waals surface area contributed by atoms with Crippen LogP contribution < -0.4 is 5.63 Å². The Bertz CT molecular complexity index is 1510. The van der Waals surface area contributed by atoms with Gasteiger partial charge in [-0.3, -0.25) is 4.79 Å². The molecule has 37 heavy (non-hydrogen) atoms. The van der Waals surface area contributed by atoms with E-state index in [1.165, 1.54) is 6.07 Å². The predicted octanol–water partition coefficient (Wildman–Crippen LogP) is 6.92. The van der Waals surface area contributed by atoms with Crippen LogP contribution in [-0.4, -0.2) is 17.5 Å². The molecule has 0 saturated heterocycles. The Morgan fingerprint density at radius 1 is 0.892 bits per heavy atom. The first-order valence-electron chi connectivity index (χ1n) is 12.3. The number of rotatable bonds is 8. The van der Waals surface area contributed by atoms with E-state index in [2.05, 4.69) is 5.16 Å². The van der Waals surface area contributed by atoms with E-state index in [1.54, 1.807) is 48.2 Å². The standard InChI is InChI=1S/C30H25NO5S/c32-28(26(17-20-9-7-8-10-20)31-36-29(33)21-11-3-1-4-12-21)25-18-22-15-16-24(19-27(22)35-30(25)34)37-23-13-5-2-6-14-23/h1-6,11-16,18-20H,7-10,17H2/b31-26+. The Morgan fingerprint density at radius 2 is 1.59 bits per heavy atom. The second-order valence-corrected chi connectivity index (χ2v) is 10.2. The third-order valence-corrected chi connectivity index (χ3v) is 7.40. The number of carbonyl (C=O) groups excluding carboxylic acids is 2. The van der Waals surface area contributed by atoms with Crippen molar-refractivity contribution in [3.63, 3.8) is 0 Å². The van der Waals surface area contributed by atoms with E-state index in [9.17, 15) is 14.4 Å². The molecular formula is C30H25NO5S. The van der Waals surface area contributed by atoms with Gasteiger partial charge in [-0.15, -0.1) is 0 Å². The molecule has 186 valence electrons. The minimum Gasteiger partial charge on any atom is -0.422 e. The molecule has 1 aliphatic carbocycles. The maximum Gasteiger partial charge on any atom is 0.365 e. The highest BCUT2D eigenvalue weighted by molar-refractivity contribution is 7.99. The van der Waals surface area contributed by atoms with Gasteiger partial charge in [-0.1, -0.05) is 85.1 Å². The highest BCUT2D eigenvalue weighted by Crippen LogP contribution is 2.31. The maximum absolute atomic E-state index is 13.5. The minimum atomic E-state index is -0.743. The van der Waals surface area contributed by atoms with Crippen molar-refractivity contribution in [3.05, 3.63) is 106 Å². The number of oxime groups is 1. The van der Waals surface area contributed by atoms with E-state index in [0.29, 0.717) is 23.0 Å². The first-order valence-corrected chi connectivity index (χ1v) is 13.1. The number of Topliss-reactive ketones (excluding diaryl/α,β-unsaturated/α-hetero) is 1. The number of benzene rings is 3. The van der Waals surface area contributed by atoms with Gasteiger partial charge in [-0.25, -0.2) is 9.59 Å². The Hall–Kier alpha value is -3.97. The third kappa shape index (κ3) is 6.06. The SMILES string of the molecule is O=C(O/N=C(\CC1CCCC1)C(=O)c1cc2ccc(Sc3ccccc3)cc2oc1=O)c1ccccc1. The fraction of sp³-hybridized carbons (Fsp3) is 0.200. The van der Waals surface area contributed by atoms with Gasteiger partial charge in [-0.05, 0) is 54.8 Å². The van der Waals surface area contributed by atoms with Crippen molar-refractivity contribution in [3.8, 4) is 0 Å². The zero-order chi connectivity index (χ0) is 25.6. The number of ketones is 1. The molecule has 0 N–H and O–H groups in total.